The maximum atomic E-state index is 12.6. The lowest BCUT2D eigenvalue weighted by Gasteiger charge is -2.04. The quantitative estimate of drug-likeness (QED) is 0.450. The van der Waals surface area contributed by atoms with Crippen LogP contribution in [0.3, 0.4) is 0 Å². The van der Waals surface area contributed by atoms with Gasteiger partial charge in [0.05, 0.1) is 32.3 Å². The summed E-state index contributed by atoms with van der Waals surface area (Å²) in [5.41, 5.74) is 0.799. The second kappa shape index (κ2) is 8.18. The van der Waals surface area contributed by atoms with Gasteiger partial charge < -0.3 is 9.30 Å². The lowest BCUT2D eigenvalue weighted by molar-refractivity contribution is -0.384. The number of hydrogen-bond acceptors (Lipinski definition) is 5. The Morgan fingerprint density at radius 2 is 2.07 bits per heavy atom. The van der Waals surface area contributed by atoms with Gasteiger partial charge in [0, 0.05) is 30.8 Å². The van der Waals surface area contributed by atoms with E-state index in [2.05, 4.69) is 4.99 Å². The Kier molecular flexibility index (Phi) is 5.91. The van der Waals surface area contributed by atoms with Crippen molar-refractivity contribution in [1.82, 2.24) is 4.57 Å². The molecule has 0 saturated heterocycles. The molecule has 0 atom stereocenters. The number of thiazole rings is 1. The van der Waals surface area contributed by atoms with Crippen molar-refractivity contribution in [3.05, 3.63) is 66.9 Å². The Morgan fingerprint density at radius 3 is 2.74 bits per heavy atom. The molecule has 140 valence electrons. The second-order valence-electron chi connectivity index (χ2n) is 5.48. The van der Waals surface area contributed by atoms with Gasteiger partial charge in [-0.05, 0) is 24.3 Å². The van der Waals surface area contributed by atoms with Crippen molar-refractivity contribution in [2.75, 3.05) is 13.7 Å². The number of nitro benzene ring substituents is 1. The molecule has 0 aliphatic heterocycles. The lowest BCUT2D eigenvalue weighted by atomic mass is 10.2. The standard InChI is InChI=1S/C17H13Cl2N3O4S/c1-26-7-6-21-14-9-11(22(24)25)3-5-15(14)27-17(21)20-16(23)12-4-2-10(18)8-13(12)19/h2-5,8-9H,6-7H2,1H3. The molecule has 0 saturated carbocycles. The highest BCUT2D eigenvalue weighted by molar-refractivity contribution is 7.16. The summed E-state index contributed by atoms with van der Waals surface area (Å²) in [6.07, 6.45) is 0. The van der Waals surface area contributed by atoms with Crippen LogP contribution in [-0.2, 0) is 11.3 Å². The second-order valence-corrected chi connectivity index (χ2v) is 7.33. The number of nitro groups is 1. The van der Waals surface area contributed by atoms with Crippen molar-refractivity contribution < 1.29 is 14.5 Å². The van der Waals surface area contributed by atoms with Gasteiger partial charge >= 0.3 is 0 Å². The smallest absolute Gasteiger partial charge is 0.281 e. The fraction of sp³-hybridized carbons (Fsp3) is 0.176. The molecule has 0 N–H and O–H groups in total. The third-order valence-corrected chi connectivity index (χ3v) is 5.36. The third-order valence-electron chi connectivity index (χ3n) is 3.75. The van der Waals surface area contributed by atoms with Crippen LogP contribution < -0.4 is 4.80 Å². The highest BCUT2D eigenvalue weighted by atomic mass is 35.5. The first-order valence-electron chi connectivity index (χ1n) is 7.71. The summed E-state index contributed by atoms with van der Waals surface area (Å²) in [6, 6.07) is 9.05. The van der Waals surface area contributed by atoms with Crippen LogP contribution in [0.1, 0.15) is 10.4 Å². The molecule has 2 aromatic carbocycles. The number of hydrogen-bond donors (Lipinski definition) is 0. The van der Waals surface area contributed by atoms with E-state index < -0.39 is 10.8 Å². The number of aromatic nitrogens is 1. The number of non-ortho nitro benzene ring substituents is 1. The number of fused-ring (bicyclic) bond motifs is 1. The van der Waals surface area contributed by atoms with E-state index in [1.54, 1.807) is 23.8 Å². The van der Waals surface area contributed by atoms with Gasteiger partial charge in [-0.2, -0.15) is 4.99 Å². The van der Waals surface area contributed by atoms with Crippen LogP contribution in [0, 0.1) is 10.1 Å². The predicted molar refractivity (Wildman–Crippen MR) is 105 cm³/mol. The molecule has 0 fully saturated rings. The zero-order valence-electron chi connectivity index (χ0n) is 14.0. The average molecular weight is 426 g/mol. The number of nitrogens with zero attached hydrogens (tertiary/aromatic N) is 3. The summed E-state index contributed by atoms with van der Waals surface area (Å²) in [6.45, 7) is 0.746. The SMILES string of the molecule is COCCn1c(=NC(=O)c2ccc(Cl)cc2Cl)sc2ccc([N+](=O)[O-])cc21. The maximum Gasteiger partial charge on any atom is 0.281 e. The van der Waals surface area contributed by atoms with E-state index in [0.717, 1.165) is 4.70 Å². The summed E-state index contributed by atoms with van der Waals surface area (Å²) in [5, 5.41) is 11.7. The molecule has 0 unspecified atom stereocenters. The third kappa shape index (κ3) is 4.19. The molecule has 0 spiro atoms. The van der Waals surface area contributed by atoms with Gasteiger partial charge in [-0.25, -0.2) is 0 Å². The highest BCUT2D eigenvalue weighted by Crippen LogP contribution is 2.24. The number of methoxy groups -OCH3 is 1. The molecular weight excluding hydrogens is 413 g/mol. The minimum Gasteiger partial charge on any atom is -0.383 e. The van der Waals surface area contributed by atoms with Crippen LogP contribution in [0.25, 0.3) is 10.2 Å². The molecule has 7 nitrogen and oxygen atoms in total. The van der Waals surface area contributed by atoms with Gasteiger partial charge in [0.15, 0.2) is 4.80 Å². The van der Waals surface area contributed by atoms with Crippen molar-refractivity contribution in [2.45, 2.75) is 6.54 Å². The number of rotatable bonds is 5. The number of amides is 1. The van der Waals surface area contributed by atoms with Gasteiger partial charge in [-0.3, -0.25) is 14.9 Å². The number of carbonyl (C=O) groups excluding carboxylic acids is 1. The van der Waals surface area contributed by atoms with E-state index >= 15 is 0 Å². The van der Waals surface area contributed by atoms with Crippen LogP contribution in [0.5, 0.6) is 0 Å². The molecule has 3 rings (SSSR count). The molecular formula is C17H13Cl2N3O4S. The van der Waals surface area contributed by atoms with E-state index in [1.807, 2.05) is 0 Å². The van der Waals surface area contributed by atoms with E-state index in [9.17, 15) is 14.9 Å². The Bertz CT molecular complexity index is 1110. The first-order valence-corrected chi connectivity index (χ1v) is 9.29. The first kappa shape index (κ1) is 19.5. The van der Waals surface area contributed by atoms with E-state index in [0.29, 0.717) is 28.5 Å². The van der Waals surface area contributed by atoms with Gasteiger partial charge in [0.2, 0.25) is 0 Å². The van der Waals surface area contributed by atoms with Crippen molar-refractivity contribution >= 4 is 56.3 Å². The van der Waals surface area contributed by atoms with Crippen LogP contribution in [-0.4, -0.2) is 29.1 Å². The molecule has 1 amide bonds. The molecule has 1 aromatic heterocycles. The largest absolute Gasteiger partial charge is 0.383 e. The molecule has 0 bridgehead atoms. The Hall–Kier alpha value is -2.26. The monoisotopic (exact) mass is 425 g/mol. The van der Waals surface area contributed by atoms with Crippen LogP contribution in [0.15, 0.2) is 41.4 Å². The van der Waals surface area contributed by atoms with Crippen molar-refractivity contribution in [2.24, 2.45) is 4.99 Å². The first-order chi connectivity index (χ1) is 12.9. The number of carbonyl (C=O) groups is 1. The molecule has 0 aliphatic rings. The fourth-order valence-electron chi connectivity index (χ4n) is 2.46. The highest BCUT2D eigenvalue weighted by Gasteiger charge is 2.15. The summed E-state index contributed by atoms with van der Waals surface area (Å²) in [4.78, 5) is 27.8. The van der Waals surface area contributed by atoms with Gasteiger partial charge in [0.1, 0.15) is 0 Å². The summed E-state index contributed by atoms with van der Waals surface area (Å²) >= 11 is 13.2. The van der Waals surface area contributed by atoms with Crippen molar-refractivity contribution in [3.63, 3.8) is 0 Å². The van der Waals surface area contributed by atoms with Crippen LogP contribution >= 0.6 is 34.5 Å². The minimum absolute atomic E-state index is 0.0370. The molecule has 3 aromatic rings. The number of halogens is 2. The molecule has 0 radical (unpaired) electrons. The van der Waals surface area contributed by atoms with Crippen molar-refractivity contribution in [1.29, 1.82) is 0 Å². The number of benzene rings is 2. The van der Waals surface area contributed by atoms with Gasteiger partial charge in [0.25, 0.3) is 11.6 Å². The molecule has 10 heteroatoms. The Balaban J connectivity index is 2.15. The van der Waals surface area contributed by atoms with Gasteiger partial charge in [-0.15, -0.1) is 0 Å². The van der Waals surface area contributed by atoms with Crippen LogP contribution in [0.4, 0.5) is 5.69 Å². The van der Waals surface area contributed by atoms with Crippen molar-refractivity contribution in [3.8, 4) is 0 Å². The normalized spacial score (nSPS) is 11.9. The summed E-state index contributed by atoms with van der Waals surface area (Å²) in [5.74, 6) is -0.524. The molecule has 27 heavy (non-hydrogen) atoms. The zero-order valence-corrected chi connectivity index (χ0v) is 16.3. The average Bonchev–Trinajstić information content (AvgIpc) is 2.95. The molecule has 0 aliphatic carbocycles. The Morgan fingerprint density at radius 1 is 1.30 bits per heavy atom. The maximum absolute atomic E-state index is 12.6. The molecule has 1 heterocycles. The fourth-order valence-corrected chi connectivity index (χ4v) is 3.99. The number of ether oxygens (including phenoxy) is 1. The van der Waals surface area contributed by atoms with E-state index in [4.69, 9.17) is 27.9 Å². The topological polar surface area (TPSA) is 86.7 Å². The summed E-state index contributed by atoms with van der Waals surface area (Å²) < 4.78 is 7.60. The summed E-state index contributed by atoms with van der Waals surface area (Å²) in [7, 11) is 1.55. The predicted octanol–water partition coefficient (Wildman–Crippen LogP) is 4.31. The Labute approximate surface area is 167 Å². The van der Waals surface area contributed by atoms with E-state index in [-0.39, 0.29) is 16.3 Å². The minimum atomic E-state index is -0.524. The zero-order chi connectivity index (χ0) is 19.6. The lowest BCUT2D eigenvalue weighted by Crippen LogP contribution is -2.19. The van der Waals surface area contributed by atoms with Crippen LogP contribution in [0.2, 0.25) is 10.0 Å². The van der Waals surface area contributed by atoms with Gasteiger partial charge in [-0.1, -0.05) is 34.5 Å². The van der Waals surface area contributed by atoms with E-state index in [1.165, 1.54) is 35.6 Å².